The third-order valence-corrected chi connectivity index (χ3v) is 5.45. The Bertz CT molecular complexity index is 1160. The molecule has 0 radical (unpaired) electrons. The highest BCUT2D eigenvalue weighted by Gasteiger charge is 2.19. The summed E-state index contributed by atoms with van der Waals surface area (Å²) in [5.41, 5.74) is 2.28. The molecule has 4 rings (SSSR count). The van der Waals surface area contributed by atoms with E-state index in [0.29, 0.717) is 23.0 Å². The van der Waals surface area contributed by atoms with E-state index < -0.39 is 0 Å². The summed E-state index contributed by atoms with van der Waals surface area (Å²) in [5, 5.41) is 17.5. The van der Waals surface area contributed by atoms with Crippen LogP contribution in [0.5, 0.6) is 0 Å². The average molecular weight is 425 g/mol. The zero-order valence-corrected chi connectivity index (χ0v) is 17.3. The van der Waals surface area contributed by atoms with E-state index in [0.717, 1.165) is 16.6 Å². The molecule has 9 heteroatoms. The van der Waals surface area contributed by atoms with Gasteiger partial charge in [0.25, 0.3) is 0 Å². The zero-order valence-electron chi connectivity index (χ0n) is 16.5. The van der Waals surface area contributed by atoms with Crippen LogP contribution in [0.15, 0.2) is 58.3 Å². The van der Waals surface area contributed by atoms with Gasteiger partial charge >= 0.3 is 0 Å². The second-order valence-corrected chi connectivity index (χ2v) is 7.95. The molecule has 4 aromatic rings. The number of thioether (sulfide) groups is 1. The van der Waals surface area contributed by atoms with Crippen LogP contribution < -0.4 is 5.32 Å². The van der Waals surface area contributed by atoms with Crippen molar-refractivity contribution in [3.05, 3.63) is 66.1 Å². The molecular weight excluding hydrogens is 405 g/mol. The lowest BCUT2D eigenvalue weighted by Gasteiger charge is -2.10. The number of carbonyl (C=O) groups excluding carboxylic acids is 1. The molecule has 0 saturated heterocycles. The fourth-order valence-corrected chi connectivity index (χ4v) is 3.83. The number of nitrogens with one attached hydrogen (secondary N) is 1. The van der Waals surface area contributed by atoms with E-state index in [1.165, 1.54) is 23.9 Å². The Kier molecular flexibility index (Phi) is 5.80. The molecule has 3 heterocycles. The Morgan fingerprint density at radius 3 is 2.73 bits per heavy atom. The van der Waals surface area contributed by atoms with Crippen molar-refractivity contribution >= 4 is 28.6 Å². The molecule has 0 bridgehead atoms. The number of hydrogen-bond donors (Lipinski definition) is 1. The van der Waals surface area contributed by atoms with Crippen LogP contribution in [0.4, 0.5) is 4.39 Å². The van der Waals surface area contributed by atoms with E-state index in [-0.39, 0.29) is 23.4 Å². The Labute approximate surface area is 176 Å². The van der Waals surface area contributed by atoms with Gasteiger partial charge < -0.3 is 9.73 Å². The van der Waals surface area contributed by atoms with Gasteiger partial charge in [-0.15, -0.1) is 5.10 Å². The van der Waals surface area contributed by atoms with Crippen molar-refractivity contribution in [2.75, 3.05) is 5.75 Å². The van der Waals surface area contributed by atoms with Gasteiger partial charge in [-0.2, -0.15) is 10.2 Å². The maximum Gasteiger partial charge on any atom is 0.230 e. The van der Waals surface area contributed by atoms with Gasteiger partial charge in [0.2, 0.25) is 5.91 Å². The van der Waals surface area contributed by atoms with E-state index in [4.69, 9.17) is 4.42 Å². The van der Waals surface area contributed by atoms with Gasteiger partial charge in [0.15, 0.2) is 0 Å². The molecule has 0 unspecified atom stereocenters. The number of nitrogens with zero attached hydrogens (tertiary/aromatic N) is 4. The molecule has 0 aliphatic rings. The largest absolute Gasteiger partial charge is 0.467 e. The van der Waals surface area contributed by atoms with Gasteiger partial charge in [0.1, 0.15) is 22.1 Å². The number of fused-ring (bicyclic) bond motifs is 1. The highest BCUT2D eigenvalue weighted by atomic mass is 32.2. The predicted octanol–water partition coefficient (Wildman–Crippen LogP) is 4.08. The van der Waals surface area contributed by atoms with E-state index in [2.05, 4.69) is 20.6 Å². The summed E-state index contributed by atoms with van der Waals surface area (Å²) < 4.78 is 20.3. The van der Waals surface area contributed by atoms with E-state index in [9.17, 15) is 9.18 Å². The van der Waals surface area contributed by atoms with Crippen molar-refractivity contribution < 1.29 is 13.6 Å². The summed E-state index contributed by atoms with van der Waals surface area (Å²) in [6, 6.07) is 9.65. The molecule has 0 spiro atoms. The first-order valence-corrected chi connectivity index (χ1v) is 10.4. The van der Waals surface area contributed by atoms with E-state index in [1.54, 1.807) is 41.4 Å². The zero-order chi connectivity index (χ0) is 21.1. The van der Waals surface area contributed by atoms with Crippen molar-refractivity contribution in [1.29, 1.82) is 0 Å². The van der Waals surface area contributed by atoms with Crippen LogP contribution >= 0.6 is 11.8 Å². The monoisotopic (exact) mass is 425 g/mol. The molecule has 3 aromatic heterocycles. The highest BCUT2D eigenvalue weighted by Crippen LogP contribution is 2.31. The molecule has 1 amide bonds. The molecule has 154 valence electrons. The van der Waals surface area contributed by atoms with Crippen molar-refractivity contribution in [2.45, 2.75) is 31.3 Å². The minimum atomic E-state index is -0.319. The third kappa shape index (κ3) is 4.20. The van der Waals surface area contributed by atoms with Crippen LogP contribution in [0, 0.1) is 5.82 Å². The van der Waals surface area contributed by atoms with Crippen molar-refractivity contribution in [1.82, 2.24) is 25.3 Å². The molecule has 7 nitrogen and oxygen atoms in total. The molecule has 0 aliphatic carbocycles. The summed E-state index contributed by atoms with van der Waals surface area (Å²) in [4.78, 5) is 12.3. The van der Waals surface area contributed by atoms with Crippen molar-refractivity contribution in [3.63, 3.8) is 0 Å². The summed E-state index contributed by atoms with van der Waals surface area (Å²) in [5.74, 6) is 0.542. The summed E-state index contributed by atoms with van der Waals surface area (Å²) in [7, 11) is 0. The summed E-state index contributed by atoms with van der Waals surface area (Å²) in [6.07, 6.45) is 3.30. The lowest BCUT2D eigenvalue weighted by Crippen LogP contribution is -2.24. The predicted molar refractivity (Wildman–Crippen MR) is 112 cm³/mol. The molecule has 0 fully saturated rings. The number of halogens is 1. The molecule has 0 atom stereocenters. The fraction of sp³-hybridized carbons (Fsp3) is 0.238. The number of amides is 1. The van der Waals surface area contributed by atoms with Crippen LogP contribution in [0.25, 0.3) is 16.6 Å². The van der Waals surface area contributed by atoms with Crippen LogP contribution in [0.3, 0.4) is 0 Å². The van der Waals surface area contributed by atoms with E-state index >= 15 is 0 Å². The molecule has 0 saturated carbocycles. The van der Waals surface area contributed by atoms with Gasteiger partial charge in [-0.25, -0.2) is 9.07 Å². The Hall–Kier alpha value is -3.20. The molecule has 30 heavy (non-hydrogen) atoms. The molecular formula is C21H20FN5O2S. The molecule has 1 aromatic carbocycles. The maximum atomic E-state index is 13.4. The van der Waals surface area contributed by atoms with Crippen LogP contribution in [0.1, 0.15) is 31.2 Å². The Morgan fingerprint density at radius 2 is 2.03 bits per heavy atom. The number of rotatable bonds is 7. The standard InChI is InChI=1S/C21H20FN5O2S/c1-13(2)19-17-11-24-27(15-7-5-14(22)6-8-15)20(17)21(26-25-19)30-12-18(28)23-10-16-4-3-9-29-16/h3-9,11,13H,10,12H2,1-2H3,(H,23,28). The van der Waals surface area contributed by atoms with Gasteiger partial charge in [0.05, 0.1) is 36.1 Å². The Morgan fingerprint density at radius 1 is 1.23 bits per heavy atom. The van der Waals surface area contributed by atoms with Crippen LogP contribution in [0.2, 0.25) is 0 Å². The maximum absolute atomic E-state index is 13.4. The van der Waals surface area contributed by atoms with Gasteiger partial charge in [-0.05, 0) is 42.3 Å². The fourth-order valence-electron chi connectivity index (χ4n) is 3.03. The molecule has 1 N–H and O–H groups in total. The number of benzene rings is 1. The summed E-state index contributed by atoms with van der Waals surface area (Å²) >= 11 is 1.28. The van der Waals surface area contributed by atoms with Gasteiger partial charge in [-0.1, -0.05) is 25.6 Å². The van der Waals surface area contributed by atoms with Crippen LogP contribution in [-0.4, -0.2) is 31.6 Å². The second kappa shape index (κ2) is 8.66. The normalized spacial score (nSPS) is 11.3. The van der Waals surface area contributed by atoms with E-state index in [1.807, 2.05) is 13.8 Å². The van der Waals surface area contributed by atoms with Crippen molar-refractivity contribution in [3.8, 4) is 5.69 Å². The molecule has 0 aliphatic heterocycles. The minimum absolute atomic E-state index is 0.146. The first-order valence-electron chi connectivity index (χ1n) is 9.45. The van der Waals surface area contributed by atoms with Crippen molar-refractivity contribution in [2.24, 2.45) is 0 Å². The Balaban J connectivity index is 1.61. The average Bonchev–Trinajstić information content (AvgIpc) is 3.41. The highest BCUT2D eigenvalue weighted by molar-refractivity contribution is 8.00. The number of furan rings is 1. The first-order chi connectivity index (χ1) is 14.5. The topological polar surface area (TPSA) is 85.8 Å². The van der Waals surface area contributed by atoms with Crippen LogP contribution in [-0.2, 0) is 11.3 Å². The second-order valence-electron chi connectivity index (χ2n) is 6.98. The number of carbonyl (C=O) groups is 1. The smallest absolute Gasteiger partial charge is 0.230 e. The summed E-state index contributed by atoms with van der Waals surface area (Å²) in [6.45, 7) is 4.40. The number of aromatic nitrogens is 4. The number of hydrogen-bond acceptors (Lipinski definition) is 6. The lowest BCUT2D eigenvalue weighted by atomic mass is 10.1. The lowest BCUT2D eigenvalue weighted by molar-refractivity contribution is -0.118. The van der Waals surface area contributed by atoms with Gasteiger partial charge in [-0.3, -0.25) is 4.79 Å². The quantitative estimate of drug-likeness (QED) is 0.449. The minimum Gasteiger partial charge on any atom is -0.467 e. The first kappa shape index (κ1) is 20.1. The SMILES string of the molecule is CC(C)c1nnc(SCC(=O)NCc2ccco2)c2c1cnn2-c1ccc(F)cc1. The van der Waals surface area contributed by atoms with Gasteiger partial charge in [0, 0.05) is 5.39 Å². The third-order valence-electron chi connectivity index (χ3n) is 4.49.